The summed E-state index contributed by atoms with van der Waals surface area (Å²) in [5, 5.41) is 2.91. The van der Waals surface area contributed by atoms with Gasteiger partial charge in [-0.05, 0) is 59.7 Å². The number of hydrogen-bond acceptors (Lipinski definition) is 3. The molecule has 4 aromatic rings. The number of aromatic amines is 1. The number of benzene rings is 3. The molecule has 5 nitrogen and oxygen atoms in total. The molecule has 2 N–H and O–H groups in total. The lowest BCUT2D eigenvalue weighted by Crippen LogP contribution is -2.22. The Labute approximate surface area is 173 Å². The third-order valence-electron chi connectivity index (χ3n) is 4.76. The summed E-state index contributed by atoms with van der Waals surface area (Å²) in [6.07, 6.45) is 1.73. The molecule has 30 heavy (non-hydrogen) atoms. The van der Waals surface area contributed by atoms with Crippen molar-refractivity contribution in [2.75, 3.05) is 7.11 Å². The molecule has 0 aliphatic carbocycles. The molecule has 0 atom stereocenters. The van der Waals surface area contributed by atoms with Gasteiger partial charge in [0.15, 0.2) is 0 Å². The number of carbonyl (C=O) groups excluding carboxylic acids is 1. The predicted molar refractivity (Wildman–Crippen MR) is 114 cm³/mol. The van der Waals surface area contributed by atoms with Crippen LogP contribution in [-0.2, 0) is 6.54 Å². The second-order valence-corrected chi connectivity index (χ2v) is 6.76. The molecule has 3 aromatic carbocycles. The number of rotatable bonds is 6. The molecule has 0 fully saturated rings. The highest BCUT2D eigenvalue weighted by atomic mass is 19.1. The van der Waals surface area contributed by atoms with Crippen LogP contribution in [0.3, 0.4) is 0 Å². The van der Waals surface area contributed by atoms with Crippen molar-refractivity contribution in [3.05, 3.63) is 95.9 Å². The zero-order chi connectivity index (χ0) is 20.9. The summed E-state index contributed by atoms with van der Waals surface area (Å²) in [6, 6.07) is 21.0. The van der Waals surface area contributed by atoms with Crippen molar-refractivity contribution in [1.29, 1.82) is 0 Å². The van der Waals surface area contributed by atoms with Crippen LogP contribution in [0, 0.1) is 5.82 Å². The van der Waals surface area contributed by atoms with Crippen molar-refractivity contribution in [2.45, 2.75) is 6.54 Å². The lowest BCUT2D eigenvalue weighted by molar-refractivity contribution is 0.0951. The Morgan fingerprint density at radius 1 is 0.967 bits per heavy atom. The number of halogens is 1. The number of ether oxygens (including phenoxy) is 1. The summed E-state index contributed by atoms with van der Waals surface area (Å²) in [4.78, 5) is 19.9. The zero-order valence-corrected chi connectivity index (χ0v) is 16.4. The molecular weight excluding hydrogens is 381 g/mol. The van der Waals surface area contributed by atoms with Gasteiger partial charge in [0.1, 0.15) is 17.4 Å². The van der Waals surface area contributed by atoms with E-state index in [0.29, 0.717) is 17.9 Å². The maximum atomic E-state index is 13.1. The molecule has 0 aliphatic rings. The Hall–Kier alpha value is -3.93. The van der Waals surface area contributed by atoms with E-state index in [1.807, 2.05) is 24.3 Å². The van der Waals surface area contributed by atoms with Crippen LogP contribution in [0.1, 0.15) is 15.9 Å². The average molecular weight is 401 g/mol. The van der Waals surface area contributed by atoms with Gasteiger partial charge in [-0.25, -0.2) is 9.37 Å². The quantitative estimate of drug-likeness (QED) is 0.487. The number of nitrogens with one attached hydrogen (secondary N) is 2. The smallest absolute Gasteiger partial charge is 0.251 e. The maximum absolute atomic E-state index is 13.1. The summed E-state index contributed by atoms with van der Waals surface area (Å²) in [6.45, 7) is 0.421. The van der Waals surface area contributed by atoms with E-state index in [-0.39, 0.29) is 11.7 Å². The highest BCUT2D eigenvalue weighted by molar-refractivity contribution is 5.94. The fourth-order valence-electron chi connectivity index (χ4n) is 3.05. The molecule has 0 unspecified atom stereocenters. The number of imidazole rings is 1. The van der Waals surface area contributed by atoms with Gasteiger partial charge < -0.3 is 15.0 Å². The molecule has 1 amide bonds. The molecule has 0 saturated heterocycles. The van der Waals surface area contributed by atoms with Gasteiger partial charge in [-0.2, -0.15) is 0 Å². The molecule has 0 bridgehead atoms. The third kappa shape index (κ3) is 4.38. The molecule has 0 spiro atoms. The van der Waals surface area contributed by atoms with E-state index in [1.54, 1.807) is 49.7 Å². The average Bonchev–Trinajstić information content (AvgIpc) is 3.28. The summed E-state index contributed by atoms with van der Waals surface area (Å²) < 4.78 is 18.2. The molecular formula is C24H20FN3O2. The fraction of sp³-hybridized carbons (Fsp3) is 0.0833. The van der Waals surface area contributed by atoms with Crippen LogP contribution in [0.5, 0.6) is 5.75 Å². The van der Waals surface area contributed by atoms with Gasteiger partial charge in [-0.3, -0.25) is 4.79 Å². The van der Waals surface area contributed by atoms with E-state index in [0.717, 1.165) is 28.2 Å². The minimum atomic E-state index is -0.270. The molecule has 150 valence electrons. The fourth-order valence-corrected chi connectivity index (χ4v) is 3.05. The molecule has 0 saturated carbocycles. The standard InChI is InChI=1S/C24H20FN3O2/c1-30-21-12-8-19(9-13-21)24(29)27-14-16-2-4-18(5-3-16)23-26-15-22(28-23)17-6-10-20(25)11-7-17/h2-13,15H,14H2,1H3,(H,26,28)(H,27,29). The van der Waals surface area contributed by atoms with Gasteiger partial charge in [0.25, 0.3) is 5.91 Å². The first-order valence-corrected chi connectivity index (χ1v) is 9.45. The monoisotopic (exact) mass is 401 g/mol. The second kappa shape index (κ2) is 8.61. The van der Waals surface area contributed by atoms with E-state index in [2.05, 4.69) is 15.3 Å². The van der Waals surface area contributed by atoms with E-state index < -0.39 is 0 Å². The van der Waals surface area contributed by atoms with Crippen molar-refractivity contribution < 1.29 is 13.9 Å². The van der Waals surface area contributed by atoms with Crippen LogP contribution in [0.15, 0.2) is 79.0 Å². The molecule has 1 aromatic heterocycles. The second-order valence-electron chi connectivity index (χ2n) is 6.76. The van der Waals surface area contributed by atoms with E-state index >= 15 is 0 Å². The van der Waals surface area contributed by atoms with E-state index in [9.17, 15) is 9.18 Å². The van der Waals surface area contributed by atoms with Crippen molar-refractivity contribution in [1.82, 2.24) is 15.3 Å². The number of H-pyrrole nitrogens is 1. The first kappa shape index (κ1) is 19.4. The van der Waals surface area contributed by atoms with Gasteiger partial charge in [-0.15, -0.1) is 0 Å². The van der Waals surface area contributed by atoms with Gasteiger partial charge in [0.2, 0.25) is 0 Å². The zero-order valence-electron chi connectivity index (χ0n) is 16.4. The van der Waals surface area contributed by atoms with Gasteiger partial charge in [0, 0.05) is 17.7 Å². The SMILES string of the molecule is COc1ccc(C(=O)NCc2ccc(-c3ncc(-c4ccc(F)cc4)[nH]3)cc2)cc1. The van der Waals surface area contributed by atoms with Crippen LogP contribution in [-0.4, -0.2) is 23.0 Å². The van der Waals surface area contributed by atoms with Crippen molar-refractivity contribution >= 4 is 5.91 Å². The van der Waals surface area contributed by atoms with Gasteiger partial charge in [0.05, 0.1) is 19.0 Å². The molecule has 0 radical (unpaired) electrons. The molecule has 6 heteroatoms. The van der Waals surface area contributed by atoms with Crippen LogP contribution >= 0.6 is 0 Å². The molecule has 1 heterocycles. The topological polar surface area (TPSA) is 67.0 Å². The highest BCUT2D eigenvalue weighted by Crippen LogP contribution is 2.22. The van der Waals surface area contributed by atoms with E-state index in [1.165, 1.54) is 12.1 Å². The largest absolute Gasteiger partial charge is 0.497 e. The van der Waals surface area contributed by atoms with Crippen LogP contribution < -0.4 is 10.1 Å². The third-order valence-corrected chi connectivity index (χ3v) is 4.76. The lowest BCUT2D eigenvalue weighted by atomic mass is 10.1. The van der Waals surface area contributed by atoms with Gasteiger partial charge >= 0.3 is 0 Å². The number of methoxy groups -OCH3 is 1. The van der Waals surface area contributed by atoms with Crippen LogP contribution in [0.25, 0.3) is 22.6 Å². The van der Waals surface area contributed by atoms with Crippen molar-refractivity contribution in [3.8, 4) is 28.4 Å². The summed E-state index contributed by atoms with van der Waals surface area (Å²) in [7, 11) is 1.59. The lowest BCUT2D eigenvalue weighted by Gasteiger charge is -2.07. The van der Waals surface area contributed by atoms with Crippen LogP contribution in [0.2, 0.25) is 0 Å². The van der Waals surface area contributed by atoms with Crippen LogP contribution in [0.4, 0.5) is 4.39 Å². The molecule has 4 rings (SSSR count). The predicted octanol–water partition coefficient (Wildman–Crippen LogP) is 4.82. The number of amides is 1. The van der Waals surface area contributed by atoms with Gasteiger partial charge in [-0.1, -0.05) is 24.3 Å². The number of hydrogen-bond donors (Lipinski definition) is 2. The Kier molecular flexibility index (Phi) is 5.57. The summed E-state index contributed by atoms with van der Waals surface area (Å²) in [5.74, 6) is 1.02. The van der Waals surface area contributed by atoms with Crippen molar-refractivity contribution in [2.24, 2.45) is 0 Å². The first-order valence-electron chi connectivity index (χ1n) is 9.45. The van der Waals surface area contributed by atoms with Crippen molar-refractivity contribution in [3.63, 3.8) is 0 Å². The Balaban J connectivity index is 1.39. The summed E-state index contributed by atoms with van der Waals surface area (Å²) >= 11 is 0. The first-order chi connectivity index (χ1) is 14.6. The Morgan fingerprint density at radius 3 is 2.30 bits per heavy atom. The normalized spacial score (nSPS) is 10.6. The minimum absolute atomic E-state index is 0.142. The highest BCUT2D eigenvalue weighted by Gasteiger charge is 2.08. The van der Waals surface area contributed by atoms with E-state index in [4.69, 9.17) is 4.74 Å². The Morgan fingerprint density at radius 2 is 1.63 bits per heavy atom. The molecule has 0 aliphatic heterocycles. The number of aromatic nitrogens is 2. The minimum Gasteiger partial charge on any atom is -0.497 e. The Bertz CT molecular complexity index is 1130. The number of nitrogens with zero attached hydrogens (tertiary/aromatic N) is 1. The maximum Gasteiger partial charge on any atom is 0.251 e. The summed E-state index contributed by atoms with van der Waals surface area (Å²) in [5.41, 5.74) is 4.17. The number of carbonyl (C=O) groups is 1.